The van der Waals surface area contributed by atoms with Crippen molar-refractivity contribution >= 4 is 5.91 Å². The van der Waals surface area contributed by atoms with Crippen LogP contribution >= 0.6 is 0 Å². The lowest BCUT2D eigenvalue weighted by Crippen LogP contribution is -2.37. The van der Waals surface area contributed by atoms with Crippen LogP contribution in [-0.4, -0.2) is 24.2 Å². The molecule has 14 heavy (non-hydrogen) atoms. The average molecular weight is 201 g/mol. The lowest BCUT2D eigenvalue weighted by molar-refractivity contribution is -0.128. The van der Waals surface area contributed by atoms with Crippen LogP contribution < -0.4 is 5.32 Å². The third-order valence-electron chi connectivity index (χ3n) is 2.35. The number of rotatable bonds is 5. The third kappa shape index (κ3) is 5.22. The van der Waals surface area contributed by atoms with Crippen molar-refractivity contribution < 1.29 is 9.90 Å². The lowest BCUT2D eigenvalue weighted by Gasteiger charge is -2.20. The lowest BCUT2D eigenvalue weighted by atomic mass is 9.95. The number of carbonyl (C=O) groups excluding carboxylic acids is 1. The zero-order valence-corrected chi connectivity index (χ0v) is 9.76. The Morgan fingerprint density at radius 1 is 1.43 bits per heavy atom. The van der Waals surface area contributed by atoms with Gasteiger partial charge in [0.05, 0.1) is 0 Å². The maximum Gasteiger partial charge on any atom is 0.225 e. The van der Waals surface area contributed by atoms with Crippen LogP contribution in [0.25, 0.3) is 0 Å². The largest absolute Gasteiger partial charge is 0.396 e. The van der Waals surface area contributed by atoms with Gasteiger partial charge in [0.1, 0.15) is 0 Å². The van der Waals surface area contributed by atoms with Gasteiger partial charge in [-0.3, -0.25) is 4.79 Å². The Bertz CT molecular complexity index is 173. The normalized spacial score (nSPS) is 13.8. The molecule has 84 valence electrons. The summed E-state index contributed by atoms with van der Waals surface area (Å²) in [5.74, 6) is 0.472. The summed E-state index contributed by atoms with van der Waals surface area (Å²) in [6.07, 6.45) is 1.76. The van der Waals surface area contributed by atoms with Gasteiger partial charge in [-0.1, -0.05) is 34.1 Å². The highest BCUT2D eigenvalue weighted by Gasteiger charge is 2.21. The van der Waals surface area contributed by atoms with Crippen molar-refractivity contribution in [2.24, 2.45) is 11.3 Å². The molecule has 0 bridgehead atoms. The van der Waals surface area contributed by atoms with E-state index in [1.807, 2.05) is 20.8 Å². The number of aliphatic hydroxyl groups is 1. The Labute approximate surface area is 86.9 Å². The number of carbonyl (C=O) groups is 1. The SMILES string of the molecule is CCC(CCO)CNC(=O)C(C)(C)C. The molecule has 0 aromatic rings. The van der Waals surface area contributed by atoms with E-state index in [-0.39, 0.29) is 17.9 Å². The summed E-state index contributed by atoms with van der Waals surface area (Å²) in [6, 6.07) is 0. The van der Waals surface area contributed by atoms with Gasteiger partial charge in [0.2, 0.25) is 5.91 Å². The van der Waals surface area contributed by atoms with Crippen LogP contribution in [0.2, 0.25) is 0 Å². The van der Waals surface area contributed by atoms with Crippen LogP contribution in [0.15, 0.2) is 0 Å². The first-order valence-corrected chi connectivity index (χ1v) is 5.31. The van der Waals surface area contributed by atoms with Gasteiger partial charge in [-0.25, -0.2) is 0 Å². The fourth-order valence-electron chi connectivity index (χ4n) is 1.14. The number of hydrogen-bond acceptors (Lipinski definition) is 2. The number of aliphatic hydroxyl groups excluding tert-OH is 1. The van der Waals surface area contributed by atoms with E-state index < -0.39 is 0 Å². The Kier molecular flexibility index (Phi) is 5.77. The topological polar surface area (TPSA) is 49.3 Å². The highest BCUT2D eigenvalue weighted by molar-refractivity contribution is 5.81. The molecule has 1 amide bonds. The first kappa shape index (κ1) is 13.4. The molecule has 0 saturated carbocycles. The summed E-state index contributed by atoms with van der Waals surface area (Å²) in [7, 11) is 0. The van der Waals surface area contributed by atoms with E-state index in [9.17, 15) is 4.79 Å². The Morgan fingerprint density at radius 2 is 2.00 bits per heavy atom. The van der Waals surface area contributed by atoms with Gasteiger partial charge >= 0.3 is 0 Å². The zero-order valence-electron chi connectivity index (χ0n) is 9.76. The summed E-state index contributed by atoms with van der Waals surface area (Å²) in [5, 5.41) is 11.7. The minimum absolute atomic E-state index is 0.0777. The van der Waals surface area contributed by atoms with E-state index in [2.05, 4.69) is 12.2 Å². The van der Waals surface area contributed by atoms with Crippen LogP contribution in [0.1, 0.15) is 40.5 Å². The second kappa shape index (κ2) is 6.02. The second-order valence-electron chi connectivity index (χ2n) is 4.75. The van der Waals surface area contributed by atoms with Gasteiger partial charge in [-0.05, 0) is 12.3 Å². The average Bonchev–Trinajstić information content (AvgIpc) is 2.10. The van der Waals surface area contributed by atoms with E-state index in [0.29, 0.717) is 12.5 Å². The molecular formula is C11H23NO2. The zero-order chi connectivity index (χ0) is 11.2. The van der Waals surface area contributed by atoms with Crippen LogP contribution in [-0.2, 0) is 4.79 Å². The van der Waals surface area contributed by atoms with E-state index in [1.54, 1.807) is 0 Å². The van der Waals surface area contributed by atoms with Crippen molar-refractivity contribution in [3.05, 3.63) is 0 Å². The molecule has 0 aromatic carbocycles. The maximum absolute atomic E-state index is 11.5. The van der Waals surface area contributed by atoms with Gasteiger partial charge in [0.15, 0.2) is 0 Å². The summed E-state index contributed by atoms with van der Waals surface area (Å²) < 4.78 is 0. The summed E-state index contributed by atoms with van der Waals surface area (Å²) in [6.45, 7) is 8.64. The fourth-order valence-corrected chi connectivity index (χ4v) is 1.14. The number of hydrogen-bond donors (Lipinski definition) is 2. The molecule has 3 nitrogen and oxygen atoms in total. The Hall–Kier alpha value is -0.570. The van der Waals surface area contributed by atoms with Gasteiger partial charge in [0, 0.05) is 18.6 Å². The Morgan fingerprint density at radius 3 is 2.36 bits per heavy atom. The van der Waals surface area contributed by atoms with Crippen molar-refractivity contribution in [1.82, 2.24) is 5.32 Å². The maximum atomic E-state index is 11.5. The predicted octanol–water partition coefficient (Wildman–Crippen LogP) is 1.56. The fraction of sp³-hybridized carbons (Fsp3) is 0.909. The molecule has 0 spiro atoms. The first-order chi connectivity index (χ1) is 6.41. The molecule has 1 atom stereocenters. The molecule has 2 N–H and O–H groups in total. The van der Waals surface area contributed by atoms with Crippen LogP contribution in [0.3, 0.4) is 0 Å². The standard InChI is InChI=1S/C11H23NO2/c1-5-9(6-7-13)8-12-10(14)11(2,3)4/h9,13H,5-8H2,1-4H3,(H,12,14). The third-order valence-corrected chi connectivity index (χ3v) is 2.35. The molecule has 0 aliphatic rings. The second-order valence-corrected chi connectivity index (χ2v) is 4.75. The molecule has 1 unspecified atom stereocenters. The highest BCUT2D eigenvalue weighted by Crippen LogP contribution is 2.13. The van der Waals surface area contributed by atoms with Gasteiger partial charge in [-0.15, -0.1) is 0 Å². The predicted molar refractivity (Wildman–Crippen MR) is 57.9 cm³/mol. The van der Waals surface area contributed by atoms with Crippen molar-refractivity contribution in [3.63, 3.8) is 0 Å². The number of amides is 1. The summed E-state index contributed by atoms with van der Waals surface area (Å²) >= 11 is 0. The quantitative estimate of drug-likeness (QED) is 0.709. The molecule has 0 fully saturated rings. The smallest absolute Gasteiger partial charge is 0.225 e. The molecule has 0 aromatic heterocycles. The molecule has 0 rings (SSSR count). The van der Waals surface area contributed by atoms with Crippen LogP contribution in [0.4, 0.5) is 0 Å². The van der Waals surface area contributed by atoms with E-state index in [4.69, 9.17) is 5.11 Å². The molecule has 0 saturated heterocycles. The molecular weight excluding hydrogens is 178 g/mol. The summed E-state index contributed by atoms with van der Waals surface area (Å²) in [4.78, 5) is 11.5. The molecule has 0 heterocycles. The minimum atomic E-state index is -0.322. The first-order valence-electron chi connectivity index (χ1n) is 5.31. The molecule has 0 radical (unpaired) electrons. The summed E-state index contributed by atoms with van der Waals surface area (Å²) in [5.41, 5.74) is -0.322. The van der Waals surface area contributed by atoms with Crippen LogP contribution in [0, 0.1) is 11.3 Å². The van der Waals surface area contributed by atoms with Crippen molar-refractivity contribution in [2.75, 3.05) is 13.2 Å². The molecule has 0 aliphatic carbocycles. The number of nitrogens with one attached hydrogen (secondary N) is 1. The minimum Gasteiger partial charge on any atom is -0.396 e. The van der Waals surface area contributed by atoms with Gasteiger partial charge in [0.25, 0.3) is 0 Å². The molecule has 3 heteroatoms. The Balaban J connectivity index is 3.85. The van der Waals surface area contributed by atoms with Crippen molar-refractivity contribution in [1.29, 1.82) is 0 Å². The van der Waals surface area contributed by atoms with E-state index >= 15 is 0 Å². The van der Waals surface area contributed by atoms with Crippen LogP contribution in [0.5, 0.6) is 0 Å². The molecule has 0 aliphatic heterocycles. The van der Waals surface area contributed by atoms with Crippen molar-refractivity contribution in [2.45, 2.75) is 40.5 Å². The van der Waals surface area contributed by atoms with Gasteiger partial charge in [-0.2, -0.15) is 0 Å². The monoisotopic (exact) mass is 201 g/mol. The van der Waals surface area contributed by atoms with E-state index in [0.717, 1.165) is 12.8 Å². The van der Waals surface area contributed by atoms with Crippen molar-refractivity contribution in [3.8, 4) is 0 Å². The van der Waals surface area contributed by atoms with Gasteiger partial charge < -0.3 is 10.4 Å². The van der Waals surface area contributed by atoms with E-state index in [1.165, 1.54) is 0 Å². The highest BCUT2D eigenvalue weighted by atomic mass is 16.3.